The highest BCUT2D eigenvalue weighted by Crippen LogP contribution is 2.36. The van der Waals surface area contributed by atoms with Crippen LogP contribution in [0.3, 0.4) is 0 Å². The standard InChI is InChI=1S/C13H19BrO2/c1-8(15)5-9-6-10(14)7-11(12(9)16)13(2,3)4/h6-8,15-16H,5H2,1-4H3. The van der Waals surface area contributed by atoms with E-state index >= 15 is 0 Å². The Hall–Kier alpha value is -0.540. The smallest absolute Gasteiger partial charge is 0.122 e. The van der Waals surface area contributed by atoms with Gasteiger partial charge in [-0.15, -0.1) is 0 Å². The van der Waals surface area contributed by atoms with E-state index in [1.165, 1.54) is 0 Å². The number of aromatic hydroxyl groups is 1. The second kappa shape index (κ2) is 4.76. The molecule has 0 aliphatic rings. The van der Waals surface area contributed by atoms with Gasteiger partial charge >= 0.3 is 0 Å². The minimum atomic E-state index is -0.451. The van der Waals surface area contributed by atoms with E-state index in [9.17, 15) is 10.2 Å². The predicted molar refractivity (Wildman–Crippen MR) is 69.9 cm³/mol. The van der Waals surface area contributed by atoms with Crippen molar-refractivity contribution in [1.29, 1.82) is 0 Å². The Labute approximate surface area is 105 Å². The fourth-order valence-electron chi connectivity index (χ4n) is 1.70. The molecule has 0 saturated carbocycles. The number of phenols is 1. The minimum absolute atomic E-state index is 0.110. The first-order valence-electron chi connectivity index (χ1n) is 5.41. The molecule has 1 atom stereocenters. The zero-order valence-corrected chi connectivity index (χ0v) is 11.8. The van der Waals surface area contributed by atoms with Crippen LogP contribution < -0.4 is 0 Å². The van der Waals surface area contributed by atoms with Crippen LogP contribution in [-0.2, 0) is 11.8 Å². The number of aliphatic hydroxyl groups excluding tert-OH is 1. The average molecular weight is 287 g/mol. The van der Waals surface area contributed by atoms with Crippen LogP contribution in [0, 0.1) is 0 Å². The van der Waals surface area contributed by atoms with Crippen molar-refractivity contribution < 1.29 is 10.2 Å². The van der Waals surface area contributed by atoms with Crippen molar-refractivity contribution in [2.24, 2.45) is 0 Å². The van der Waals surface area contributed by atoms with E-state index in [0.717, 1.165) is 15.6 Å². The van der Waals surface area contributed by atoms with Gasteiger partial charge in [0, 0.05) is 16.5 Å². The van der Waals surface area contributed by atoms with Crippen molar-refractivity contribution >= 4 is 15.9 Å². The Morgan fingerprint density at radius 3 is 2.31 bits per heavy atom. The van der Waals surface area contributed by atoms with Crippen LogP contribution in [0.1, 0.15) is 38.8 Å². The van der Waals surface area contributed by atoms with Crippen LogP contribution in [0.15, 0.2) is 16.6 Å². The molecule has 0 aromatic heterocycles. The van der Waals surface area contributed by atoms with E-state index in [1.54, 1.807) is 6.92 Å². The summed E-state index contributed by atoms with van der Waals surface area (Å²) in [7, 11) is 0. The van der Waals surface area contributed by atoms with Crippen molar-refractivity contribution in [3.05, 3.63) is 27.7 Å². The lowest BCUT2D eigenvalue weighted by Gasteiger charge is -2.23. The van der Waals surface area contributed by atoms with Crippen LogP contribution in [0.5, 0.6) is 5.75 Å². The number of hydrogen-bond acceptors (Lipinski definition) is 2. The van der Waals surface area contributed by atoms with Gasteiger partial charge in [0.2, 0.25) is 0 Å². The minimum Gasteiger partial charge on any atom is -0.507 e. The first-order valence-corrected chi connectivity index (χ1v) is 6.21. The van der Waals surface area contributed by atoms with Gasteiger partial charge in [0.05, 0.1) is 6.10 Å². The number of hydrogen-bond donors (Lipinski definition) is 2. The zero-order chi connectivity index (χ0) is 12.5. The molecule has 0 aliphatic heterocycles. The molecule has 0 radical (unpaired) electrons. The normalized spacial score (nSPS) is 13.9. The number of phenolic OH excluding ortho intramolecular Hbond substituents is 1. The highest BCUT2D eigenvalue weighted by molar-refractivity contribution is 9.10. The van der Waals surface area contributed by atoms with Gasteiger partial charge in [-0.1, -0.05) is 36.7 Å². The van der Waals surface area contributed by atoms with Gasteiger partial charge in [0.25, 0.3) is 0 Å². The fourth-order valence-corrected chi connectivity index (χ4v) is 2.21. The summed E-state index contributed by atoms with van der Waals surface area (Å²) in [6.07, 6.45) is 0.0157. The van der Waals surface area contributed by atoms with Crippen LogP contribution in [0.2, 0.25) is 0 Å². The third-order valence-electron chi connectivity index (χ3n) is 2.48. The molecular formula is C13H19BrO2. The maximum absolute atomic E-state index is 10.2. The topological polar surface area (TPSA) is 40.5 Å². The van der Waals surface area contributed by atoms with Crippen molar-refractivity contribution in [3.8, 4) is 5.75 Å². The Bertz CT molecular complexity index is 378. The molecule has 0 aliphatic carbocycles. The zero-order valence-electron chi connectivity index (χ0n) is 10.2. The van der Waals surface area contributed by atoms with E-state index < -0.39 is 6.10 Å². The van der Waals surface area contributed by atoms with Gasteiger partial charge in [-0.2, -0.15) is 0 Å². The van der Waals surface area contributed by atoms with E-state index in [1.807, 2.05) is 12.1 Å². The van der Waals surface area contributed by atoms with E-state index in [4.69, 9.17) is 0 Å². The summed E-state index contributed by atoms with van der Waals surface area (Å²) in [6.45, 7) is 7.89. The molecule has 1 rings (SSSR count). The maximum atomic E-state index is 10.2. The summed E-state index contributed by atoms with van der Waals surface area (Å²) in [6, 6.07) is 3.79. The van der Waals surface area contributed by atoms with E-state index in [2.05, 4.69) is 36.7 Å². The van der Waals surface area contributed by atoms with E-state index in [0.29, 0.717) is 12.2 Å². The largest absolute Gasteiger partial charge is 0.507 e. The second-order valence-electron chi connectivity index (χ2n) is 5.26. The Morgan fingerprint density at radius 2 is 1.88 bits per heavy atom. The van der Waals surface area contributed by atoms with Gasteiger partial charge in [-0.25, -0.2) is 0 Å². The molecule has 2 N–H and O–H groups in total. The Balaban J connectivity index is 3.26. The molecule has 90 valence electrons. The molecule has 3 heteroatoms. The summed E-state index contributed by atoms with van der Waals surface area (Å²) in [5.41, 5.74) is 1.58. The molecule has 1 aromatic carbocycles. The molecular weight excluding hydrogens is 268 g/mol. The highest BCUT2D eigenvalue weighted by atomic mass is 79.9. The Kier molecular flexibility index (Phi) is 4.02. The van der Waals surface area contributed by atoms with Gasteiger partial charge in [0.15, 0.2) is 0 Å². The Morgan fingerprint density at radius 1 is 1.31 bits per heavy atom. The monoisotopic (exact) mass is 286 g/mol. The number of aliphatic hydroxyl groups is 1. The molecule has 0 bridgehead atoms. The molecule has 1 aromatic rings. The molecule has 0 heterocycles. The number of halogens is 1. The molecule has 1 unspecified atom stereocenters. The summed E-state index contributed by atoms with van der Waals surface area (Å²) < 4.78 is 0.936. The first kappa shape index (κ1) is 13.5. The number of rotatable bonds is 2. The highest BCUT2D eigenvalue weighted by Gasteiger charge is 2.21. The third kappa shape index (κ3) is 3.22. The SMILES string of the molecule is CC(O)Cc1cc(Br)cc(C(C)(C)C)c1O. The lowest BCUT2D eigenvalue weighted by molar-refractivity contribution is 0.194. The third-order valence-corrected chi connectivity index (χ3v) is 2.93. The predicted octanol–water partition coefficient (Wildman–Crippen LogP) is 3.38. The van der Waals surface area contributed by atoms with Crippen LogP contribution in [-0.4, -0.2) is 16.3 Å². The van der Waals surface area contributed by atoms with Crippen molar-refractivity contribution in [2.75, 3.05) is 0 Å². The fraction of sp³-hybridized carbons (Fsp3) is 0.538. The molecule has 0 saturated heterocycles. The van der Waals surface area contributed by atoms with Gasteiger partial charge in [0.1, 0.15) is 5.75 Å². The lowest BCUT2D eigenvalue weighted by Crippen LogP contribution is -2.13. The van der Waals surface area contributed by atoms with Crippen molar-refractivity contribution in [3.63, 3.8) is 0 Å². The molecule has 2 nitrogen and oxygen atoms in total. The molecule has 0 amide bonds. The second-order valence-corrected chi connectivity index (χ2v) is 6.18. The van der Waals surface area contributed by atoms with Gasteiger partial charge in [-0.05, 0) is 30.0 Å². The maximum Gasteiger partial charge on any atom is 0.122 e. The lowest BCUT2D eigenvalue weighted by atomic mass is 9.84. The van der Waals surface area contributed by atoms with Gasteiger partial charge < -0.3 is 10.2 Å². The average Bonchev–Trinajstić information content (AvgIpc) is 2.07. The molecule has 0 fully saturated rings. The summed E-state index contributed by atoms with van der Waals surface area (Å²) in [5.74, 6) is 0.302. The van der Waals surface area contributed by atoms with E-state index in [-0.39, 0.29) is 5.41 Å². The van der Waals surface area contributed by atoms with Crippen molar-refractivity contribution in [1.82, 2.24) is 0 Å². The first-order chi connectivity index (χ1) is 7.21. The van der Waals surface area contributed by atoms with Crippen LogP contribution in [0.4, 0.5) is 0 Å². The van der Waals surface area contributed by atoms with Crippen LogP contribution >= 0.6 is 15.9 Å². The molecule has 0 spiro atoms. The quantitative estimate of drug-likeness (QED) is 0.875. The number of benzene rings is 1. The van der Waals surface area contributed by atoms with Crippen LogP contribution in [0.25, 0.3) is 0 Å². The van der Waals surface area contributed by atoms with Gasteiger partial charge in [-0.3, -0.25) is 0 Å². The molecule has 16 heavy (non-hydrogen) atoms. The summed E-state index contributed by atoms with van der Waals surface area (Å²) >= 11 is 3.44. The summed E-state index contributed by atoms with van der Waals surface area (Å²) in [4.78, 5) is 0. The van der Waals surface area contributed by atoms with Crippen molar-refractivity contribution in [2.45, 2.75) is 45.6 Å². The summed E-state index contributed by atoms with van der Waals surface area (Å²) in [5, 5.41) is 19.6.